The lowest BCUT2D eigenvalue weighted by Crippen LogP contribution is -1.91. The highest BCUT2D eigenvalue weighted by molar-refractivity contribution is 9.10. The van der Waals surface area contributed by atoms with Crippen molar-refractivity contribution in [3.05, 3.63) is 40.0 Å². The molecule has 0 heterocycles. The summed E-state index contributed by atoms with van der Waals surface area (Å²) in [5.41, 5.74) is 6.90. The van der Waals surface area contributed by atoms with Gasteiger partial charge in [0.25, 0.3) is 0 Å². The SMILES string of the molecule is C#C/C(N)=C\c1cccc(Br)c1. The lowest BCUT2D eigenvalue weighted by molar-refractivity contribution is 1.49. The number of rotatable bonds is 1. The largest absolute Gasteiger partial charge is 0.392 e. The van der Waals surface area contributed by atoms with E-state index in [1.54, 1.807) is 6.08 Å². The Balaban J connectivity index is 2.99. The third-order valence-electron chi connectivity index (χ3n) is 1.34. The Morgan fingerprint density at radius 3 is 2.92 bits per heavy atom. The van der Waals surface area contributed by atoms with E-state index in [2.05, 4.69) is 21.9 Å². The second-order valence-electron chi connectivity index (χ2n) is 2.30. The number of allylic oxidation sites excluding steroid dienone is 1. The summed E-state index contributed by atoms with van der Waals surface area (Å²) in [6, 6.07) is 7.77. The van der Waals surface area contributed by atoms with Crippen LogP contribution >= 0.6 is 15.9 Å². The first-order chi connectivity index (χ1) is 5.72. The van der Waals surface area contributed by atoms with E-state index >= 15 is 0 Å². The molecule has 0 spiro atoms. The van der Waals surface area contributed by atoms with E-state index in [1.807, 2.05) is 24.3 Å². The van der Waals surface area contributed by atoms with Gasteiger partial charge in [-0.05, 0) is 23.8 Å². The Morgan fingerprint density at radius 1 is 1.58 bits per heavy atom. The lowest BCUT2D eigenvalue weighted by Gasteiger charge is -1.94. The number of hydrogen-bond donors (Lipinski definition) is 1. The predicted molar refractivity (Wildman–Crippen MR) is 55.1 cm³/mol. The molecule has 0 amide bonds. The van der Waals surface area contributed by atoms with E-state index in [-0.39, 0.29) is 0 Å². The summed E-state index contributed by atoms with van der Waals surface area (Å²) in [6.45, 7) is 0. The molecule has 0 saturated carbocycles. The second-order valence-corrected chi connectivity index (χ2v) is 3.21. The third-order valence-corrected chi connectivity index (χ3v) is 1.83. The van der Waals surface area contributed by atoms with E-state index in [0.29, 0.717) is 5.70 Å². The Labute approximate surface area is 80.4 Å². The second kappa shape index (κ2) is 3.99. The minimum atomic E-state index is 0.438. The fraction of sp³-hybridized carbons (Fsp3) is 0. The number of halogens is 1. The lowest BCUT2D eigenvalue weighted by atomic mass is 10.2. The minimum absolute atomic E-state index is 0.438. The zero-order chi connectivity index (χ0) is 8.97. The molecule has 0 saturated heterocycles. The molecular formula is C10H8BrN. The van der Waals surface area contributed by atoms with Crippen molar-refractivity contribution in [2.24, 2.45) is 5.73 Å². The number of nitrogens with two attached hydrogens (primary N) is 1. The standard InChI is InChI=1S/C10H8BrN/c1-2-10(12)7-8-4-3-5-9(11)6-8/h1,3-7H,12H2/b10-7+. The fourth-order valence-electron chi connectivity index (χ4n) is 0.818. The van der Waals surface area contributed by atoms with Gasteiger partial charge < -0.3 is 5.73 Å². The minimum Gasteiger partial charge on any atom is -0.392 e. The Bertz CT molecular complexity index is 347. The van der Waals surface area contributed by atoms with Crippen LogP contribution in [0.2, 0.25) is 0 Å². The summed E-state index contributed by atoms with van der Waals surface area (Å²) >= 11 is 3.35. The van der Waals surface area contributed by atoms with E-state index in [4.69, 9.17) is 12.2 Å². The third kappa shape index (κ3) is 2.44. The van der Waals surface area contributed by atoms with Gasteiger partial charge in [-0.15, -0.1) is 6.42 Å². The van der Waals surface area contributed by atoms with Gasteiger partial charge in [0, 0.05) is 4.47 Å². The van der Waals surface area contributed by atoms with Gasteiger partial charge in [-0.2, -0.15) is 0 Å². The first-order valence-electron chi connectivity index (χ1n) is 3.42. The molecule has 0 radical (unpaired) electrons. The molecule has 60 valence electrons. The maximum atomic E-state index is 5.46. The van der Waals surface area contributed by atoms with Gasteiger partial charge in [0.05, 0.1) is 5.70 Å². The van der Waals surface area contributed by atoms with Crippen LogP contribution in [0.1, 0.15) is 5.56 Å². The van der Waals surface area contributed by atoms with Crippen LogP contribution in [0.4, 0.5) is 0 Å². The Kier molecular flexibility index (Phi) is 2.95. The zero-order valence-corrected chi connectivity index (χ0v) is 8.01. The molecule has 1 rings (SSSR count). The van der Waals surface area contributed by atoms with Crippen molar-refractivity contribution in [3.63, 3.8) is 0 Å². The molecule has 0 fully saturated rings. The number of terminal acetylenes is 1. The van der Waals surface area contributed by atoms with E-state index in [9.17, 15) is 0 Å². The summed E-state index contributed by atoms with van der Waals surface area (Å²) < 4.78 is 1.01. The molecule has 1 nitrogen and oxygen atoms in total. The summed E-state index contributed by atoms with van der Waals surface area (Å²) in [7, 11) is 0. The average molecular weight is 222 g/mol. The monoisotopic (exact) mass is 221 g/mol. The summed E-state index contributed by atoms with van der Waals surface area (Å²) in [4.78, 5) is 0. The highest BCUT2D eigenvalue weighted by atomic mass is 79.9. The highest BCUT2D eigenvalue weighted by Crippen LogP contribution is 2.13. The van der Waals surface area contributed by atoms with E-state index < -0.39 is 0 Å². The predicted octanol–water partition coefficient (Wildman–Crippen LogP) is 2.38. The van der Waals surface area contributed by atoms with E-state index in [0.717, 1.165) is 10.0 Å². The molecule has 0 unspecified atom stereocenters. The number of benzene rings is 1. The molecule has 2 N–H and O–H groups in total. The van der Waals surface area contributed by atoms with Crippen molar-refractivity contribution in [2.75, 3.05) is 0 Å². The van der Waals surface area contributed by atoms with Gasteiger partial charge in [-0.1, -0.05) is 34.0 Å². The van der Waals surface area contributed by atoms with Gasteiger partial charge in [-0.25, -0.2) is 0 Å². The van der Waals surface area contributed by atoms with Crippen LogP contribution in [0.15, 0.2) is 34.4 Å². The van der Waals surface area contributed by atoms with Crippen molar-refractivity contribution in [3.8, 4) is 12.3 Å². The van der Waals surface area contributed by atoms with Gasteiger partial charge in [-0.3, -0.25) is 0 Å². The molecule has 0 aliphatic carbocycles. The molecule has 0 aliphatic rings. The molecule has 2 heteroatoms. The van der Waals surface area contributed by atoms with Crippen LogP contribution in [-0.4, -0.2) is 0 Å². The van der Waals surface area contributed by atoms with E-state index in [1.165, 1.54) is 0 Å². The van der Waals surface area contributed by atoms with Crippen molar-refractivity contribution >= 4 is 22.0 Å². The Hall–Kier alpha value is -1.20. The van der Waals surface area contributed by atoms with Crippen LogP contribution < -0.4 is 5.73 Å². The van der Waals surface area contributed by atoms with Crippen molar-refractivity contribution in [1.29, 1.82) is 0 Å². The first-order valence-corrected chi connectivity index (χ1v) is 4.21. The van der Waals surface area contributed by atoms with Crippen LogP contribution in [0.3, 0.4) is 0 Å². The number of hydrogen-bond acceptors (Lipinski definition) is 1. The molecule has 12 heavy (non-hydrogen) atoms. The smallest absolute Gasteiger partial charge is 0.0830 e. The van der Waals surface area contributed by atoms with Gasteiger partial charge in [0.1, 0.15) is 0 Å². The molecule has 0 aromatic heterocycles. The van der Waals surface area contributed by atoms with Crippen molar-refractivity contribution < 1.29 is 0 Å². The maximum Gasteiger partial charge on any atom is 0.0830 e. The molecule has 1 aromatic carbocycles. The topological polar surface area (TPSA) is 26.0 Å². The molecule has 0 bridgehead atoms. The van der Waals surface area contributed by atoms with Gasteiger partial charge >= 0.3 is 0 Å². The van der Waals surface area contributed by atoms with Crippen LogP contribution in [0.5, 0.6) is 0 Å². The molecule has 1 aromatic rings. The molecular weight excluding hydrogens is 214 g/mol. The summed E-state index contributed by atoms with van der Waals surface area (Å²) in [6.07, 6.45) is 6.86. The van der Waals surface area contributed by atoms with Crippen LogP contribution in [0, 0.1) is 12.3 Å². The normalized spacial score (nSPS) is 10.8. The quantitative estimate of drug-likeness (QED) is 0.725. The van der Waals surface area contributed by atoms with Gasteiger partial charge in [0.2, 0.25) is 0 Å². The zero-order valence-electron chi connectivity index (χ0n) is 6.42. The maximum absolute atomic E-state index is 5.46. The van der Waals surface area contributed by atoms with Crippen molar-refractivity contribution in [1.82, 2.24) is 0 Å². The average Bonchev–Trinajstić information content (AvgIpc) is 2.04. The van der Waals surface area contributed by atoms with Crippen LogP contribution in [-0.2, 0) is 0 Å². The fourth-order valence-corrected chi connectivity index (χ4v) is 1.23. The first kappa shape index (κ1) is 8.89. The molecule has 0 aliphatic heterocycles. The Morgan fingerprint density at radius 2 is 2.33 bits per heavy atom. The summed E-state index contributed by atoms with van der Waals surface area (Å²) in [5.74, 6) is 2.36. The van der Waals surface area contributed by atoms with Crippen LogP contribution in [0.25, 0.3) is 6.08 Å². The summed E-state index contributed by atoms with van der Waals surface area (Å²) in [5, 5.41) is 0. The van der Waals surface area contributed by atoms with Gasteiger partial charge in [0.15, 0.2) is 0 Å². The van der Waals surface area contributed by atoms with Crippen molar-refractivity contribution in [2.45, 2.75) is 0 Å². The highest BCUT2D eigenvalue weighted by Gasteiger charge is 1.89. The molecule has 0 atom stereocenters.